The molecule has 130 valence electrons. The van der Waals surface area contributed by atoms with E-state index in [2.05, 4.69) is 15.3 Å². The molecule has 3 aromatic rings. The number of hydrogen-bond donors (Lipinski definition) is 1. The van der Waals surface area contributed by atoms with Crippen LogP contribution in [0.25, 0.3) is 0 Å². The first kappa shape index (κ1) is 19.2. The quantitative estimate of drug-likeness (QED) is 0.528. The smallest absolute Gasteiger partial charge is 0.168 e. The van der Waals surface area contributed by atoms with Crippen LogP contribution in [0.2, 0.25) is 10.0 Å². The third-order valence-corrected chi connectivity index (χ3v) is 3.95. The number of aryl methyl sites for hydroxylation is 1. The Bertz CT molecular complexity index is 889. The van der Waals surface area contributed by atoms with E-state index < -0.39 is 0 Å². The third-order valence-electron chi connectivity index (χ3n) is 3.41. The van der Waals surface area contributed by atoms with Crippen molar-refractivity contribution in [2.75, 3.05) is 5.73 Å². The van der Waals surface area contributed by atoms with Gasteiger partial charge in [0.2, 0.25) is 0 Å². The molecule has 0 atom stereocenters. The predicted molar refractivity (Wildman–Crippen MR) is 94.0 cm³/mol. The summed E-state index contributed by atoms with van der Waals surface area (Å²) in [7, 11) is 1.96. The van der Waals surface area contributed by atoms with Gasteiger partial charge in [-0.3, -0.25) is 0 Å². The lowest BCUT2D eigenvalue weighted by atomic mass is 10.3. The maximum Gasteiger partial charge on any atom is 0.168 e. The Morgan fingerprint density at radius 1 is 1.12 bits per heavy atom. The number of hydrogen-bond acceptors (Lipinski definition) is 4. The Balaban J connectivity index is 0.00000225. The molecule has 3 rings (SSSR count). The van der Waals surface area contributed by atoms with Crippen molar-refractivity contribution in [3.8, 4) is 0 Å². The number of halogens is 3. The zero-order valence-corrected chi connectivity index (χ0v) is 15.5. The number of anilines is 1. The molecule has 0 aliphatic carbocycles. The van der Waals surface area contributed by atoms with Crippen LogP contribution in [-0.2, 0) is 13.6 Å². The molecule has 0 unspecified atom stereocenters. The number of azo groups is 1. The second-order valence-electron chi connectivity index (χ2n) is 5.24. The van der Waals surface area contributed by atoms with Crippen LogP contribution in [0.15, 0.2) is 59.2 Å². The van der Waals surface area contributed by atoms with Crippen LogP contribution in [0.5, 0.6) is 0 Å². The highest BCUT2D eigenvalue weighted by molar-refractivity contribution is 6.36. The van der Waals surface area contributed by atoms with Gasteiger partial charge < -0.3 is 18.1 Å². The average molecular weight is 398 g/mol. The third kappa shape index (κ3) is 4.69. The fourth-order valence-electron chi connectivity index (χ4n) is 2.07. The fourth-order valence-corrected chi connectivity index (χ4v) is 2.51. The van der Waals surface area contributed by atoms with Crippen LogP contribution in [0.3, 0.4) is 0 Å². The Labute approximate surface area is 161 Å². The maximum absolute atomic E-state index is 6.09. The molecule has 0 aliphatic rings. The van der Waals surface area contributed by atoms with Gasteiger partial charge >= 0.3 is 0 Å². The van der Waals surface area contributed by atoms with E-state index in [1.807, 2.05) is 36.1 Å². The highest BCUT2D eigenvalue weighted by Crippen LogP contribution is 2.30. The summed E-state index contributed by atoms with van der Waals surface area (Å²) in [5.41, 5.74) is 8.19. The van der Waals surface area contributed by atoms with Gasteiger partial charge in [-0.15, -0.1) is 10.2 Å². The zero-order chi connectivity index (χ0) is 17.1. The van der Waals surface area contributed by atoms with Gasteiger partial charge in [0.25, 0.3) is 0 Å². The molecule has 1 aromatic carbocycles. The van der Waals surface area contributed by atoms with E-state index in [0.717, 1.165) is 5.56 Å². The highest BCUT2D eigenvalue weighted by Gasteiger charge is 2.08. The van der Waals surface area contributed by atoms with E-state index in [1.165, 1.54) is 0 Å². The molecule has 0 aliphatic heterocycles. The molecule has 0 radical (unpaired) electrons. The van der Waals surface area contributed by atoms with Gasteiger partial charge in [0.1, 0.15) is 24.2 Å². The van der Waals surface area contributed by atoms with Crippen molar-refractivity contribution >= 4 is 40.4 Å². The van der Waals surface area contributed by atoms with Crippen molar-refractivity contribution < 1.29 is 17.0 Å². The number of nitrogens with zero attached hydrogens (tertiary/aromatic N) is 5. The summed E-state index contributed by atoms with van der Waals surface area (Å²) < 4.78 is 3.64. The summed E-state index contributed by atoms with van der Waals surface area (Å²) in [5, 5.41) is 13.5. The monoisotopic (exact) mass is 396 g/mol. The summed E-state index contributed by atoms with van der Waals surface area (Å²) >= 11 is 11.9. The first-order valence-corrected chi connectivity index (χ1v) is 7.91. The summed E-state index contributed by atoms with van der Waals surface area (Å²) in [4.78, 5) is 0. The second-order valence-corrected chi connectivity index (χ2v) is 6.08. The van der Waals surface area contributed by atoms with E-state index in [0.29, 0.717) is 33.8 Å². The number of nitrogens with two attached hydrogens (primary N) is 1. The molecular formula is C16H15Cl3N6. The van der Waals surface area contributed by atoms with Crippen molar-refractivity contribution in [1.82, 2.24) is 9.78 Å². The predicted octanol–water partition coefficient (Wildman–Crippen LogP) is 1.06. The lowest BCUT2D eigenvalue weighted by Gasteiger charge is -2.03. The van der Waals surface area contributed by atoms with Gasteiger partial charge in [0, 0.05) is 17.2 Å². The maximum atomic E-state index is 6.09. The fraction of sp³-hybridized carbons (Fsp3) is 0.125. The molecule has 2 aromatic heterocycles. The molecule has 0 spiro atoms. The number of aromatic nitrogens is 3. The Hall–Kier alpha value is -2.15. The SMILES string of the molecule is C[n+]1ccc(Cn2ncc(N=Nc3ccc(Cl)cc3Cl)c2N)cc1.[Cl-]. The lowest BCUT2D eigenvalue weighted by Crippen LogP contribution is -3.00. The summed E-state index contributed by atoms with van der Waals surface area (Å²) in [5.74, 6) is 0.442. The Kier molecular flexibility index (Phi) is 6.36. The van der Waals surface area contributed by atoms with Crippen LogP contribution in [0.4, 0.5) is 17.2 Å². The van der Waals surface area contributed by atoms with Gasteiger partial charge in [0.05, 0.1) is 17.8 Å². The molecule has 2 heterocycles. The molecule has 0 saturated carbocycles. The normalized spacial score (nSPS) is 10.8. The van der Waals surface area contributed by atoms with Gasteiger partial charge in [-0.25, -0.2) is 9.25 Å². The topological polar surface area (TPSA) is 72.4 Å². The Morgan fingerprint density at radius 3 is 2.48 bits per heavy atom. The van der Waals surface area contributed by atoms with Crippen molar-refractivity contribution in [1.29, 1.82) is 0 Å². The molecule has 9 heteroatoms. The summed E-state index contributed by atoms with van der Waals surface area (Å²) in [6, 6.07) is 9.02. The largest absolute Gasteiger partial charge is 1.00 e. The number of pyridine rings is 1. The average Bonchev–Trinajstić information content (AvgIpc) is 2.89. The van der Waals surface area contributed by atoms with Crippen LogP contribution >= 0.6 is 23.2 Å². The van der Waals surface area contributed by atoms with Crippen molar-refractivity contribution in [2.45, 2.75) is 6.54 Å². The van der Waals surface area contributed by atoms with Crippen molar-refractivity contribution in [3.05, 3.63) is 64.5 Å². The van der Waals surface area contributed by atoms with E-state index >= 15 is 0 Å². The van der Waals surface area contributed by atoms with Gasteiger partial charge in [0.15, 0.2) is 12.4 Å². The summed E-state index contributed by atoms with van der Waals surface area (Å²) in [6.45, 7) is 0.559. The van der Waals surface area contributed by atoms with Crippen LogP contribution in [0, 0.1) is 0 Å². The molecule has 2 N–H and O–H groups in total. The molecule has 0 amide bonds. The summed E-state index contributed by atoms with van der Waals surface area (Å²) in [6.07, 6.45) is 5.52. The van der Waals surface area contributed by atoms with Gasteiger partial charge in [-0.2, -0.15) is 5.10 Å². The van der Waals surface area contributed by atoms with Crippen molar-refractivity contribution in [2.24, 2.45) is 17.3 Å². The van der Waals surface area contributed by atoms with E-state index in [9.17, 15) is 0 Å². The lowest BCUT2D eigenvalue weighted by molar-refractivity contribution is -0.671. The molecule has 0 saturated heterocycles. The first-order valence-electron chi connectivity index (χ1n) is 7.15. The van der Waals surface area contributed by atoms with Crippen LogP contribution in [0.1, 0.15) is 5.56 Å². The Morgan fingerprint density at radius 2 is 1.80 bits per heavy atom. The molecule has 25 heavy (non-hydrogen) atoms. The molecular weight excluding hydrogens is 383 g/mol. The second kappa shape index (κ2) is 8.29. The van der Waals surface area contributed by atoms with Gasteiger partial charge in [-0.1, -0.05) is 23.2 Å². The van der Waals surface area contributed by atoms with Crippen LogP contribution in [-0.4, -0.2) is 9.78 Å². The molecule has 6 nitrogen and oxygen atoms in total. The minimum Gasteiger partial charge on any atom is -1.00 e. The van der Waals surface area contributed by atoms with E-state index in [-0.39, 0.29) is 12.4 Å². The number of benzene rings is 1. The van der Waals surface area contributed by atoms with Crippen molar-refractivity contribution in [3.63, 3.8) is 0 Å². The van der Waals surface area contributed by atoms with Gasteiger partial charge in [-0.05, 0) is 23.8 Å². The number of nitrogen functional groups attached to an aromatic ring is 1. The molecule has 0 bridgehead atoms. The standard InChI is InChI=1S/C16H15Cl2N6.ClH/c1-23-6-4-11(5-7-23)10-24-16(19)15(9-20-24)22-21-14-3-2-12(17)8-13(14)18;/h2-9H,10,19H2,1H3;1H/q+1;/p-1. The first-order chi connectivity index (χ1) is 11.5. The zero-order valence-electron chi connectivity index (χ0n) is 13.3. The molecule has 0 fully saturated rings. The van der Waals surface area contributed by atoms with Crippen LogP contribution < -0.4 is 22.7 Å². The highest BCUT2D eigenvalue weighted by atomic mass is 35.5. The van der Waals surface area contributed by atoms with E-state index in [4.69, 9.17) is 28.9 Å². The number of rotatable bonds is 4. The van der Waals surface area contributed by atoms with E-state index in [1.54, 1.807) is 29.1 Å². The minimum atomic E-state index is 0. The minimum absolute atomic E-state index is 0.